The van der Waals surface area contributed by atoms with Crippen molar-refractivity contribution in [3.63, 3.8) is 0 Å². The van der Waals surface area contributed by atoms with Crippen LogP contribution in [0, 0.1) is 5.92 Å². The van der Waals surface area contributed by atoms with Gasteiger partial charge in [0.1, 0.15) is 0 Å². The molecule has 0 aliphatic carbocycles. The molecule has 0 spiro atoms. The van der Waals surface area contributed by atoms with E-state index in [0.29, 0.717) is 31.8 Å². The SMILES string of the molecule is CC(C)CCCC(C)NC(N)=NCc1cccc2c1OCCCO2.I. The predicted molar refractivity (Wildman–Crippen MR) is 114 cm³/mol. The summed E-state index contributed by atoms with van der Waals surface area (Å²) in [7, 11) is 0. The summed E-state index contributed by atoms with van der Waals surface area (Å²) in [5.74, 6) is 2.84. The normalized spacial score (nSPS) is 15.3. The van der Waals surface area contributed by atoms with E-state index in [1.165, 1.54) is 12.8 Å². The van der Waals surface area contributed by atoms with Crippen molar-refractivity contribution in [2.45, 2.75) is 59.0 Å². The Morgan fingerprint density at radius 3 is 2.72 bits per heavy atom. The van der Waals surface area contributed by atoms with Crippen LogP contribution < -0.4 is 20.5 Å². The lowest BCUT2D eigenvalue weighted by atomic mass is 10.0. The highest BCUT2D eigenvalue weighted by Gasteiger charge is 2.14. The fraction of sp³-hybridized carbons (Fsp3) is 0.632. The van der Waals surface area contributed by atoms with E-state index in [1.54, 1.807) is 0 Å². The van der Waals surface area contributed by atoms with Crippen LogP contribution in [0.1, 0.15) is 52.0 Å². The van der Waals surface area contributed by atoms with Crippen molar-refractivity contribution in [2.75, 3.05) is 13.2 Å². The molecule has 1 atom stereocenters. The maximum Gasteiger partial charge on any atom is 0.189 e. The van der Waals surface area contributed by atoms with E-state index in [4.69, 9.17) is 15.2 Å². The Morgan fingerprint density at radius 2 is 1.96 bits per heavy atom. The van der Waals surface area contributed by atoms with E-state index in [2.05, 4.69) is 31.1 Å². The summed E-state index contributed by atoms with van der Waals surface area (Å²) in [6.07, 6.45) is 4.45. The summed E-state index contributed by atoms with van der Waals surface area (Å²) in [5.41, 5.74) is 7.03. The third-order valence-electron chi connectivity index (χ3n) is 4.09. The van der Waals surface area contributed by atoms with Crippen LogP contribution in [-0.2, 0) is 6.54 Å². The third kappa shape index (κ3) is 7.71. The molecule has 1 aliphatic rings. The summed E-state index contributed by atoms with van der Waals surface area (Å²) in [5, 5.41) is 3.27. The number of benzene rings is 1. The molecule has 25 heavy (non-hydrogen) atoms. The molecule has 142 valence electrons. The number of halogens is 1. The predicted octanol–water partition coefficient (Wildman–Crippen LogP) is 4.09. The van der Waals surface area contributed by atoms with Gasteiger partial charge in [-0.25, -0.2) is 4.99 Å². The van der Waals surface area contributed by atoms with Crippen LogP contribution in [0.3, 0.4) is 0 Å². The lowest BCUT2D eigenvalue weighted by Gasteiger charge is -2.15. The Kier molecular flexibility index (Phi) is 10.0. The van der Waals surface area contributed by atoms with Gasteiger partial charge in [0.05, 0.1) is 19.8 Å². The van der Waals surface area contributed by atoms with Gasteiger partial charge in [-0.3, -0.25) is 0 Å². The molecular weight excluding hydrogens is 429 g/mol. The van der Waals surface area contributed by atoms with Crippen molar-refractivity contribution in [1.82, 2.24) is 5.32 Å². The van der Waals surface area contributed by atoms with Crippen molar-refractivity contribution in [3.05, 3.63) is 23.8 Å². The first-order valence-corrected chi connectivity index (χ1v) is 9.00. The molecule has 0 radical (unpaired) electrons. The maximum absolute atomic E-state index is 6.03. The van der Waals surface area contributed by atoms with E-state index >= 15 is 0 Å². The Balaban J connectivity index is 0.00000312. The number of ether oxygens (including phenoxy) is 2. The molecular formula is C19H32IN3O2. The molecule has 0 saturated carbocycles. The number of aliphatic imine (C=N–C) groups is 1. The average molecular weight is 461 g/mol. The van der Waals surface area contributed by atoms with Gasteiger partial charge in [0.2, 0.25) is 0 Å². The second kappa shape index (κ2) is 11.4. The lowest BCUT2D eigenvalue weighted by Crippen LogP contribution is -2.38. The number of nitrogens with zero attached hydrogens (tertiary/aromatic N) is 1. The van der Waals surface area contributed by atoms with Crippen molar-refractivity contribution >= 4 is 29.9 Å². The molecule has 0 amide bonds. The zero-order valence-electron chi connectivity index (χ0n) is 15.6. The van der Waals surface area contributed by atoms with Gasteiger partial charge in [-0.15, -0.1) is 24.0 Å². The topological polar surface area (TPSA) is 68.9 Å². The summed E-state index contributed by atoms with van der Waals surface area (Å²) >= 11 is 0. The van der Waals surface area contributed by atoms with Gasteiger partial charge in [0, 0.05) is 18.0 Å². The zero-order chi connectivity index (χ0) is 17.4. The van der Waals surface area contributed by atoms with Crippen LogP contribution in [0.4, 0.5) is 0 Å². The number of hydrogen-bond acceptors (Lipinski definition) is 3. The van der Waals surface area contributed by atoms with Crippen LogP contribution in [0.25, 0.3) is 0 Å². The smallest absolute Gasteiger partial charge is 0.189 e. The van der Waals surface area contributed by atoms with Gasteiger partial charge in [0.15, 0.2) is 17.5 Å². The second-order valence-electron chi connectivity index (χ2n) is 6.87. The van der Waals surface area contributed by atoms with Gasteiger partial charge in [-0.2, -0.15) is 0 Å². The quantitative estimate of drug-likeness (QED) is 0.365. The first-order chi connectivity index (χ1) is 11.6. The van der Waals surface area contributed by atoms with E-state index in [-0.39, 0.29) is 24.0 Å². The maximum atomic E-state index is 6.03. The number of nitrogens with one attached hydrogen (secondary N) is 1. The van der Waals surface area contributed by atoms with Crippen molar-refractivity contribution in [1.29, 1.82) is 0 Å². The monoisotopic (exact) mass is 461 g/mol. The molecule has 1 unspecified atom stereocenters. The fourth-order valence-corrected chi connectivity index (χ4v) is 2.75. The molecule has 5 nitrogen and oxygen atoms in total. The first-order valence-electron chi connectivity index (χ1n) is 9.00. The third-order valence-corrected chi connectivity index (χ3v) is 4.09. The highest BCUT2D eigenvalue weighted by Crippen LogP contribution is 2.33. The number of rotatable bonds is 7. The highest BCUT2D eigenvalue weighted by atomic mass is 127. The molecule has 6 heteroatoms. The molecule has 0 bridgehead atoms. The first kappa shape index (κ1) is 21.9. The average Bonchev–Trinajstić information content (AvgIpc) is 2.78. The van der Waals surface area contributed by atoms with E-state index < -0.39 is 0 Å². The lowest BCUT2D eigenvalue weighted by molar-refractivity contribution is 0.296. The Morgan fingerprint density at radius 1 is 1.20 bits per heavy atom. The summed E-state index contributed by atoms with van der Waals surface area (Å²) in [6.45, 7) is 8.51. The van der Waals surface area contributed by atoms with Crippen LogP contribution in [0.2, 0.25) is 0 Å². The van der Waals surface area contributed by atoms with Gasteiger partial charge >= 0.3 is 0 Å². The van der Waals surface area contributed by atoms with Gasteiger partial charge in [-0.05, 0) is 25.3 Å². The molecule has 0 fully saturated rings. The highest BCUT2D eigenvalue weighted by molar-refractivity contribution is 14.0. The minimum atomic E-state index is 0. The van der Waals surface area contributed by atoms with Crippen LogP contribution >= 0.6 is 24.0 Å². The fourth-order valence-electron chi connectivity index (χ4n) is 2.75. The molecule has 1 aliphatic heterocycles. The standard InChI is InChI=1S/C19H31N3O2.HI/c1-14(2)7-4-8-15(3)22-19(20)21-13-16-9-5-10-17-18(16)24-12-6-11-23-17;/h5,9-10,14-15H,4,6-8,11-13H2,1-3H3,(H3,20,21,22);1H. The Labute approximate surface area is 168 Å². The second-order valence-corrected chi connectivity index (χ2v) is 6.87. The van der Waals surface area contributed by atoms with Gasteiger partial charge in [0.25, 0.3) is 0 Å². The van der Waals surface area contributed by atoms with Crippen LogP contribution in [0.5, 0.6) is 11.5 Å². The van der Waals surface area contributed by atoms with E-state index in [1.807, 2.05) is 18.2 Å². The molecule has 0 aromatic heterocycles. The number of fused-ring (bicyclic) bond motifs is 1. The molecule has 1 heterocycles. The van der Waals surface area contributed by atoms with Crippen molar-refractivity contribution in [2.24, 2.45) is 16.6 Å². The van der Waals surface area contributed by atoms with Crippen molar-refractivity contribution in [3.8, 4) is 11.5 Å². The Bertz CT molecular complexity index is 549. The van der Waals surface area contributed by atoms with Gasteiger partial charge in [-0.1, -0.05) is 38.8 Å². The van der Waals surface area contributed by atoms with Crippen LogP contribution in [-0.4, -0.2) is 25.2 Å². The van der Waals surface area contributed by atoms with E-state index in [9.17, 15) is 0 Å². The molecule has 0 saturated heterocycles. The largest absolute Gasteiger partial charge is 0.490 e. The number of guanidine groups is 1. The minimum Gasteiger partial charge on any atom is -0.490 e. The Hall–Kier alpha value is -1.18. The molecule has 1 aromatic rings. The molecule has 2 rings (SSSR count). The molecule has 1 aromatic carbocycles. The van der Waals surface area contributed by atoms with E-state index in [0.717, 1.165) is 35.8 Å². The zero-order valence-corrected chi connectivity index (χ0v) is 17.9. The molecule has 3 N–H and O–H groups in total. The van der Waals surface area contributed by atoms with Gasteiger partial charge < -0.3 is 20.5 Å². The minimum absolute atomic E-state index is 0. The number of hydrogen-bond donors (Lipinski definition) is 2. The summed E-state index contributed by atoms with van der Waals surface area (Å²) < 4.78 is 11.5. The van der Waals surface area contributed by atoms with Crippen LogP contribution in [0.15, 0.2) is 23.2 Å². The number of nitrogens with two attached hydrogens (primary N) is 1. The number of para-hydroxylation sites is 1. The summed E-state index contributed by atoms with van der Waals surface area (Å²) in [4.78, 5) is 4.46. The van der Waals surface area contributed by atoms with Crippen molar-refractivity contribution < 1.29 is 9.47 Å². The summed E-state index contributed by atoms with van der Waals surface area (Å²) in [6, 6.07) is 6.25.